The van der Waals surface area contributed by atoms with E-state index in [-0.39, 0.29) is 12.5 Å². The molecular formula is C12H17N5O2S. The van der Waals surface area contributed by atoms with Crippen molar-refractivity contribution in [2.24, 2.45) is 0 Å². The molecule has 0 aromatic carbocycles. The molecule has 0 saturated heterocycles. The average molecular weight is 295 g/mol. The molecule has 0 aliphatic rings. The Morgan fingerprint density at radius 2 is 2.25 bits per heavy atom. The summed E-state index contributed by atoms with van der Waals surface area (Å²) in [6, 6.07) is 0. The van der Waals surface area contributed by atoms with Gasteiger partial charge in [0.25, 0.3) is 0 Å². The first kappa shape index (κ1) is 14.6. The van der Waals surface area contributed by atoms with Crippen LogP contribution in [0.4, 0.5) is 0 Å². The summed E-state index contributed by atoms with van der Waals surface area (Å²) >= 11 is 1.47. The van der Waals surface area contributed by atoms with Crippen LogP contribution >= 0.6 is 11.3 Å². The van der Waals surface area contributed by atoms with Crippen LogP contribution in [0.3, 0.4) is 0 Å². The molecule has 0 fully saturated rings. The Morgan fingerprint density at radius 1 is 1.45 bits per heavy atom. The number of likely N-dealkylation sites (N-methyl/N-ethyl adjacent to an activating group) is 1. The molecule has 20 heavy (non-hydrogen) atoms. The summed E-state index contributed by atoms with van der Waals surface area (Å²) in [4.78, 5) is 17.6. The molecule has 7 nitrogen and oxygen atoms in total. The van der Waals surface area contributed by atoms with Gasteiger partial charge in [-0.1, -0.05) is 5.21 Å². The predicted molar refractivity (Wildman–Crippen MR) is 74.4 cm³/mol. The van der Waals surface area contributed by atoms with Gasteiger partial charge in [-0.15, -0.1) is 16.4 Å². The van der Waals surface area contributed by atoms with E-state index in [0.29, 0.717) is 19.4 Å². The lowest BCUT2D eigenvalue weighted by Gasteiger charge is -2.07. The number of carbonyl (C=O) groups is 1. The zero-order chi connectivity index (χ0) is 14.5. The molecule has 0 aliphatic heterocycles. The van der Waals surface area contributed by atoms with Gasteiger partial charge in [0.05, 0.1) is 24.4 Å². The lowest BCUT2D eigenvalue weighted by atomic mass is 10.3. The second-order valence-corrected chi connectivity index (χ2v) is 5.52. The Labute approximate surface area is 120 Å². The lowest BCUT2D eigenvalue weighted by Crippen LogP contribution is -2.23. The second kappa shape index (κ2) is 6.58. The summed E-state index contributed by atoms with van der Waals surface area (Å²) in [7, 11) is 3.46. The van der Waals surface area contributed by atoms with Gasteiger partial charge in [-0.05, 0) is 0 Å². The molecule has 0 spiro atoms. The van der Waals surface area contributed by atoms with Crippen molar-refractivity contribution in [2.75, 3.05) is 20.7 Å². The maximum absolute atomic E-state index is 11.6. The fraction of sp³-hybridized carbons (Fsp3) is 0.500. The number of aromatic nitrogens is 4. The van der Waals surface area contributed by atoms with Gasteiger partial charge in [0.2, 0.25) is 5.91 Å². The molecule has 2 aromatic rings. The molecule has 1 N–H and O–H groups in total. The summed E-state index contributed by atoms with van der Waals surface area (Å²) in [5.74, 6) is 0.0388. The first-order valence-electron chi connectivity index (χ1n) is 6.22. The van der Waals surface area contributed by atoms with Crippen LogP contribution in [0.25, 0.3) is 0 Å². The van der Waals surface area contributed by atoms with Crippen LogP contribution in [0, 0.1) is 0 Å². The standard InChI is InChI=1S/C12H17N5O2S/c1-16(2)12(19)5-11-13-10(8-20-11)7-17-6-9(3-4-18)14-15-17/h6,8,18H,3-5,7H2,1-2H3. The lowest BCUT2D eigenvalue weighted by molar-refractivity contribution is -0.127. The first-order chi connectivity index (χ1) is 9.58. The second-order valence-electron chi connectivity index (χ2n) is 4.58. The molecule has 8 heteroatoms. The number of thiazole rings is 1. The minimum absolute atomic E-state index is 0.0388. The van der Waals surface area contributed by atoms with Crippen LogP contribution in [0.15, 0.2) is 11.6 Å². The number of carbonyl (C=O) groups excluding carboxylic acids is 1. The zero-order valence-corrected chi connectivity index (χ0v) is 12.3. The summed E-state index contributed by atoms with van der Waals surface area (Å²) in [6.45, 7) is 0.581. The molecule has 1 amide bonds. The molecule has 2 heterocycles. The smallest absolute Gasteiger partial charge is 0.228 e. The van der Waals surface area contributed by atoms with E-state index < -0.39 is 0 Å². The van der Waals surface area contributed by atoms with E-state index in [1.165, 1.54) is 11.3 Å². The summed E-state index contributed by atoms with van der Waals surface area (Å²) in [5.41, 5.74) is 1.61. The molecule has 0 aliphatic carbocycles. The summed E-state index contributed by atoms with van der Waals surface area (Å²) in [6.07, 6.45) is 2.62. The molecular weight excluding hydrogens is 278 g/mol. The molecule has 2 aromatic heterocycles. The van der Waals surface area contributed by atoms with Gasteiger partial charge in [0.15, 0.2) is 0 Å². The van der Waals surface area contributed by atoms with E-state index in [9.17, 15) is 4.79 Å². The number of hydrogen-bond acceptors (Lipinski definition) is 6. The maximum Gasteiger partial charge on any atom is 0.228 e. The summed E-state index contributed by atoms with van der Waals surface area (Å²) in [5, 5.41) is 19.5. The van der Waals surface area contributed by atoms with Crippen molar-refractivity contribution in [1.29, 1.82) is 0 Å². The zero-order valence-electron chi connectivity index (χ0n) is 11.5. The van der Waals surface area contributed by atoms with E-state index >= 15 is 0 Å². The van der Waals surface area contributed by atoms with E-state index in [0.717, 1.165) is 16.4 Å². The Morgan fingerprint density at radius 3 is 2.95 bits per heavy atom. The normalized spacial score (nSPS) is 10.8. The average Bonchev–Trinajstić information content (AvgIpc) is 3.00. The van der Waals surface area contributed by atoms with Crippen molar-refractivity contribution < 1.29 is 9.90 Å². The Bertz CT molecular complexity index is 578. The van der Waals surface area contributed by atoms with Gasteiger partial charge in [0, 0.05) is 38.7 Å². The number of aliphatic hydroxyl groups is 1. The number of amides is 1. The summed E-state index contributed by atoms with van der Waals surface area (Å²) < 4.78 is 1.68. The third-order valence-electron chi connectivity index (χ3n) is 2.68. The van der Waals surface area contributed by atoms with Crippen molar-refractivity contribution in [3.63, 3.8) is 0 Å². The first-order valence-corrected chi connectivity index (χ1v) is 7.09. The van der Waals surface area contributed by atoms with Gasteiger partial charge < -0.3 is 10.0 Å². The van der Waals surface area contributed by atoms with E-state index in [4.69, 9.17) is 5.11 Å². The van der Waals surface area contributed by atoms with Gasteiger partial charge >= 0.3 is 0 Å². The van der Waals surface area contributed by atoms with Crippen molar-refractivity contribution in [1.82, 2.24) is 24.9 Å². The van der Waals surface area contributed by atoms with E-state index in [1.54, 1.807) is 29.9 Å². The molecule has 0 saturated carbocycles. The van der Waals surface area contributed by atoms with Crippen LogP contribution in [0.5, 0.6) is 0 Å². The molecule has 0 bridgehead atoms. The number of hydrogen-bond donors (Lipinski definition) is 1. The van der Waals surface area contributed by atoms with Gasteiger partial charge in [-0.2, -0.15) is 0 Å². The monoisotopic (exact) mass is 295 g/mol. The van der Waals surface area contributed by atoms with Crippen molar-refractivity contribution in [2.45, 2.75) is 19.4 Å². The highest BCUT2D eigenvalue weighted by Gasteiger charge is 2.10. The number of aliphatic hydroxyl groups excluding tert-OH is 1. The van der Waals surface area contributed by atoms with E-state index in [1.807, 2.05) is 5.38 Å². The maximum atomic E-state index is 11.6. The quantitative estimate of drug-likeness (QED) is 0.807. The molecule has 108 valence electrons. The molecule has 0 radical (unpaired) electrons. The van der Waals surface area contributed by atoms with Gasteiger partial charge in [-0.25, -0.2) is 9.67 Å². The molecule has 2 rings (SSSR count). The highest BCUT2D eigenvalue weighted by molar-refractivity contribution is 7.09. The highest BCUT2D eigenvalue weighted by atomic mass is 32.1. The largest absolute Gasteiger partial charge is 0.396 e. The number of rotatable bonds is 6. The molecule has 0 atom stereocenters. The third kappa shape index (κ3) is 3.84. The fourth-order valence-electron chi connectivity index (χ4n) is 1.60. The van der Waals surface area contributed by atoms with Crippen LogP contribution in [0.1, 0.15) is 16.4 Å². The van der Waals surface area contributed by atoms with Crippen LogP contribution in [0.2, 0.25) is 0 Å². The highest BCUT2D eigenvalue weighted by Crippen LogP contribution is 2.12. The van der Waals surface area contributed by atoms with Crippen molar-refractivity contribution in [3.8, 4) is 0 Å². The number of nitrogens with zero attached hydrogens (tertiary/aromatic N) is 5. The van der Waals surface area contributed by atoms with Crippen LogP contribution < -0.4 is 0 Å². The Hall–Kier alpha value is -1.80. The van der Waals surface area contributed by atoms with Gasteiger partial charge in [-0.3, -0.25) is 4.79 Å². The minimum Gasteiger partial charge on any atom is -0.396 e. The Balaban J connectivity index is 1.96. The van der Waals surface area contributed by atoms with Gasteiger partial charge in [0.1, 0.15) is 5.01 Å². The fourth-order valence-corrected chi connectivity index (χ4v) is 2.38. The van der Waals surface area contributed by atoms with Crippen LogP contribution in [-0.2, 0) is 24.2 Å². The minimum atomic E-state index is 0.0388. The predicted octanol–water partition coefficient (Wildman–Crippen LogP) is -0.0516. The van der Waals surface area contributed by atoms with E-state index in [2.05, 4.69) is 15.3 Å². The topological polar surface area (TPSA) is 84.1 Å². The van der Waals surface area contributed by atoms with Crippen LogP contribution in [-0.4, -0.2) is 56.6 Å². The Kier molecular flexibility index (Phi) is 4.80. The van der Waals surface area contributed by atoms with Crippen molar-refractivity contribution in [3.05, 3.63) is 28.0 Å². The molecule has 0 unspecified atom stereocenters. The third-order valence-corrected chi connectivity index (χ3v) is 3.58. The SMILES string of the molecule is CN(C)C(=O)Cc1nc(Cn2cc(CCO)nn2)cs1. The van der Waals surface area contributed by atoms with Crippen molar-refractivity contribution >= 4 is 17.2 Å².